The Labute approximate surface area is 180 Å². The summed E-state index contributed by atoms with van der Waals surface area (Å²) in [5.74, 6) is 2.09. The lowest BCUT2D eigenvalue weighted by Gasteiger charge is -2.31. The first kappa shape index (κ1) is 22.3. The maximum Gasteiger partial charge on any atom is 0.0167 e. The van der Waals surface area contributed by atoms with E-state index in [0.29, 0.717) is 18.0 Å². The maximum absolute atomic E-state index is 4.21. The van der Waals surface area contributed by atoms with Crippen LogP contribution in [0.4, 0.5) is 0 Å². The van der Waals surface area contributed by atoms with Crippen LogP contribution in [0.3, 0.4) is 0 Å². The molecule has 0 amide bonds. The topological polar surface area (TPSA) is 12.0 Å². The van der Waals surface area contributed by atoms with Gasteiger partial charge in [-0.3, -0.25) is 0 Å². The van der Waals surface area contributed by atoms with Crippen LogP contribution in [-0.4, -0.2) is 12.1 Å². The van der Waals surface area contributed by atoms with Crippen molar-refractivity contribution >= 4 is 0 Å². The lowest BCUT2D eigenvalue weighted by atomic mass is 9.86. The molecule has 0 bridgehead atoms. The Morgan fingerprint density at radius 1 is 0.621 bits per heavy atom. The van der Waals surface area contributed by atoms with Gasteiger partial charge in [0, 0.05) is 18.0 Å². The van der Waals surface area contributed by atoms with Gasteiger partial charge in [0.05, 0.1) is 0 Å². The summed E-state index contributed by atoms with van der Waals surface area (Å²) in [6.07, 6.45) is 15.5. The molecule has 2 fully saturated rings. The Hall–Kier alpha value is -1.34. The van der Waals surface area contributed by atoms with Crippen LogP contribution in [0.15, 0.2) is 54.6 Å². The zero-order valence-electron chi connectivity index (χ0n) is 18.9. The lowest BCUT2D eigenvalue weighted by molar-refractivity contribution is 0.314. The summed E-state index contributed by atoms with van der Waals surface area (Å²) < 4.78 is 0. The zero-order valence-corrected chi connectivity index (χ0v) is 18.9. The van der Waals surface area contributed by atoms with E-state index in [-0.39, 0.29) is 0 Å². The fourth-order valence-corrected chi connectivity index (χ4v) is 5.75. The summed E-state index contributed by atoms with van der Waals surface area (Å²) >= 11 is 0. The van der Waals surface area contributed by atoms with Crippen molar-refractivity contribution in [2.45, 2.75) is 102 Å². The Balaban J connectivity index is 1.76. The monoisotopic (exact) mass is 393 g/mol. The van der Waals surface area contributed by atoms with Crippen LogP contribution < -0.4 is 5.32 Å². The minimum Gasteiger partial charge on any atom is -0.310 e. The normalized spacial score (nSPS) is 29.6. The fraction of sp³-hybridized carbons (Fsp3) is 0.643. The van der Waals surface area contributed by atoms with Gasteiger partial charge in [-0.2, -0.15) is 0 Å². The average Bonchev–Trinajstić information content (AvgIpc) is 2.96. The smallest absolute Gasteiger partial charge is 0.0167 e. The van der Waals surface area contributed by atoms with Gasteiger partial charge in [0.15, 0.2) is 0 Å². The molecule has 4 atom stereocenters. The molecule has 1 aromatic carbocycles. The molecular formula is C28H43N. The summed E-state index contributed by atoms with van der Waals surface area (Å²) in [7, 11) is 0. The first-order chi connectivity index (χ1) is 14.3. The Morgan fingerprint density at radius 3 is 1.66 bits per heavy atom. The Bertz CT molecular complexity index is 601. The van der Waals surface area contributed by atoms with Crippen molar-refractivity contribution in [3.8, 4) is 0 Å². The van der Waals surface area contributed by atoms with Gasteiger partial charge in [0.1, 0.15) is 0 Å². The second-order valence-electron chi connectivity index (χ2n) is 9.69. The van der Waals surface area contributed by atoms with Gasteiger partial charge in [-0.1, -0.05) is 120 Å². The van der Waals surface area contributed by atoms with E-state index in [0.717, 1.165) is 11.8 Å². The van der Waals surface area contributed by atoms with Crippen LogP contribution in [0.25, 0.3) is 0 Å². The molecule has 0 aromatic heterocycles. The van der Waals surface area contributed by atoms with E-state index in [1.807, 2.05) is 0 Å². The molecule has 2 aliphatic rings. The third-order valence-electron chi connectivity index (χ3n) is 7.27. The number of nitrogens with one attached hydrogen (secondary N) is 1. The largest absolute Gasteiger partial charge is 0.310 e. The average molecular weight is 394 g/mol. The number of hydrogen-bond donors (Lipinski definition) is 1. The van der Waals surface area contributed by atoms with Crippen LogP contribution in [0.1, 0.15) is 96.0 Å². The van der Waals surface area contributed by atoms with E-state index in [4.69, 9.17) is 0 Å². The van der Waals surface area contributed by atoms with Gasteiger partial charge in [-0.25, -0.2) is 0 Å². The van der Waals surface area contributed by atoms with E-state index >= 15 is 0 Å². The van der Waals surface area contributed by atoms with Gasteiger partial charge in [0.2, 0.25) is 0 Å². The first-order valence-corrected chi connectivity index (χ1v) is 12.4. The predicted molar refractivity (Wildman–Crippen MR) is 127 cm³/mol. The minimum absolute atomic E-state index is 0.604. The summed E-state index contributed by atoms with van der Waals surface area (Å²) in [6, 6.07) is 21.1. The third-order valence-corrected chi connectivity index (χ3v) is 7.27. The zero-order chi connectivity index (χ0) is 20.3. The van der Waals surface area contributed by atoms with Crippen molar-refractivity contribution in [3.05, 3.63) is 60.2 Å². The van der Waals surface area contributed by atoms with Crippen molar-refractivity contribution in [2.24, 2.45) is 11.8 Å². The molecule has 3 rings (SSSR count). The van der Waals surface area contributed by atoms with Crippen LogP contribution in [0, 0.1) is 11.8 Å². The number of hydrogen-bond acceptors (Lipinski definition) is 1. The van der Waals surface area contributed by atoms with Crippen LogP contribution in [0.5, 0.6) is 0 Å². The van der Waals surface area contributed by atoms with Gasteiger partial charge >= 0.3 is 0 Å². The van der Waals surface area contributed by atoms with E-state index in [1.54, 1.807) is 0 Å². The molecule has 0 aliphatic heterocycles. The second-order valence-corrected chi connectivity index (χ2v) is 9.69. The fourth-order valence-electron chi connectivity index (χ4n) is 5.75. The molecule has 0 radical (unpaired) electrons. The van der Waals surface area contributed by atoms with Gasteiger partial charge in [-0.15, -0.1) is 0 Å². The highest BCUT2D eigenvalue weighted by Gasteiger charge is 2.40. The van der Waals surface area contributed by atoms with Crippen molar-refractivity contribution in [1.82, 2.24) is 5.32 Å². The molecular weight excluding hydrogens is 350 g/mol. The molecule has 0 heterocycles. The third kappa shape index (κ3) is 7.14. The number of rotatable bonds is 3. The highest BCUT2D eigenvalue weighted by molar-refractivity contribution is 5.23. The van der Waals surface area contributed by atoms with Crippen LogP contribution >= 0.6 is 0 Å². The van der Waals surface area contributed by atoms with E-state index in [9.17, 15) is 0 Å². The standard InChI is InChI=1S/C28H43N/c1-23-22-24(2)28(27(23)25-18-14-10-6-5-7-11-15-19-25)29-26-20-16-12-8-3-4-9-13-17-21-26/h5-7,10-11,14-15,18-19,23-24,26-29H,3-4,8-9,12-13,16-17,20-22H2,1-2H3. The Kier molecular flexibility index (Phi) is 9.54. The molecule has 2 aliphatic carbocycles. The second kappa shape index (κ2) is 12.4. The maximum atomic E-state index is 4.21. The van der Waals surface area contributed by atoms with Gasteiger partial charge in [-0.05, 0) is 36.7 Å². The van der Waals surface area contributed by atoms with Crippen molar-refractivity contribution in [1.29, 1.82) is 0 Å². The van der Waals surface area contributed by atoms with Crippen molar-refractivity contribution in [3.63, 3.8) is 0 Å². The molecule has 1 aromatic rings. The van der Waals surface area contributed by atoms with Crippen LogP contribution in [0.2, 0.25) is 0 Å². The highest BCUT2D eigenvalue weighted by atomic mass is 15.0. The molecule has 0 saturated heterocycles. The highest BCUT2D eigenvalue weighted by Crippen LogP contribution is 2.43. The molecule has 1 heteroatoms. The SMILES string of the molecule is CC1CC(C)C(c2ccccccccc2)C1NC1CCCCCCCCCC1. The predicted octanol–water partition coefficient (Wildman–Crippen LogP) is 7.81. The van der Waals surface area contributed by atoms with Gasteiger partial charge in [0.25, 0.3) is 0 Å². The van der Waals surface area contributed by atoms with Crippen LogP contribution in [-0.2, 0) is 0 Å². The lowest BCUT2D eigenvalue weighted by Crippen LogP contribution is -2.43. The Morgan fingerprint density at radius 2 is 1.10 bits per heavy atom. The van der Waals surface area contributed by atoms with Crippen molar-refractivity contribution < 1.29 is 0 Å². The molecule has 2 saturated carbocycles. The summed E-state index contributed by atoms with van der Waals surface area (Å²) in [4.78, 5) is 0. The quantitative estimate of drug-likeness (QED) is 0.552. The molecule has 160 valence electrons. The first-order valence-electron chi connectivity index (χ1n) is 12.4. The molecule has 1 N–H and O–H groups in total. The van der Waals surface area contributed by atoms with E-state index in [1.165, 1.54) is 76.2 Å². The molecule has 0 spiro atoms. The van der Waals surface area contributed by atoms with Gasteiger partial charge < -0.3 is 5.32 Å². The summed E-state index contributed by atoms with van der Waals surface area (Å²) in [5.41, 5.74) is 1.49. The summed E-state index contributed by atoms with van der Waals surface area (Å²) in [5, 5.41) is 4.21. The van der Waals surface area contributed by atoms with E-state index in [2.05, 4.69) is 73.8 Å². The van der Waals surface area contributed by atoms with Crippen molar-refractivity contribution in [2.75, 3.05) is 0 Å². The molecule has 1 nitrogen and oxygen atoms in total. The molecule has 4 unspecified atom stereocenters. The molecule has 29 heavy (non-hydrogen) atoms. The minimum atomic E-state index is 0.604. The summed E-state index contributed by atoms with van der Waals surface area (Å²) in [6.45, 7) is 4.94. The van der Waals surface area contributed by atoms with E-state index < -0.39 is 0 Å².